The van der Waals surface area contributed by atoms with Gasteiger partial charge in [-0.3, -0.25) is 9.59 Å². The van der Waals surface area contributed by atoms with Gasteiger partial charge in [0.2, 0.25) is 11.8 Å². The highest BCUT2D eigenvalue weighted by molar-refractivity contribution is 5.85. The number of hydrogen-bond donors (Lipinski definition) is 1. The van der Waals surface area contributed by atoms with Crippen LogP contribution in [0.2, 0.25) is 0 Å². The van der Waals surface area contributed by atoms with Gasteiger partial charge in [0.1, 0.15) is 0 Å². The van der Waals surface area contributed by atoms with E-state index in [0.29, 0.717) is 45.6 Å². The zero-order valence-electron chi connectivity index (χ0n) is 12.8. The third kappa shape index (κ3) is 5.47. The molecule has 0 bridgehead atoms. The molecule has 122 valence electrons. The second kappa shape index (κ2) is 9.26. The summed E-state index contributed by atoms with van der Waals surface area (Å²) < 4.78 is 0. The van der Waals surface area contributed by atoms with Crippen LogP contribution in [0.1, 0.15) is 44.9 Å². The van der Waals surface area contributed by atoms with E-state index in [1.54, 1.807) is 0 Å². The van der Waals surface area contributed by atoms with Crippen molar-refractivity contribution in [3.05, 3.63) is 0 Å². The van der Waals surface area contributed by atoms with E-state index < -0.39 is 0 Å². The lowest BCUT2D eigenvalue weighted by molar-refractivity contribution is -0.139. The van der Waals surface area contributed by atoms with Crippen molar-refractivity contribution in [1.82, 2.24) is 9.80 Å². The van der Waals surface area contributed by atoms with E-state index in [2.05, 4.69) is 0 Å². The van der Waals surface area contributed by atoms with Crippen LogP contribution in [0.3, 0.4) is 0 Å². The first-order valence-electron chi connectivity index (χ1n) is 7.96. The monoisotopic (exact) mass is 317 g/mol. The highest BCUT2D eigenvalue weighted by Crippen LogP contribution is 2.28. The number of carbonyl (C=O) groups is 2. The Bertz CT molecular complexity index is 338. The molecule has 1 heterocycles. The molecule has 2 fully saturated rings. The summed E-state index contributed by atoms with van der Waals surface area (Å²) in [5.74, 6) is 1.15. The van der Waals surface area contributed by atoms with Gasteiger partial charge in [-0.05, 0) is 12.3 Å². The third-order valence-corrected chi connectivity index (χ3v) is 4.58. The Labute approximate surface area is 133 Å². The first-order chi connectivity index (χ1) is 9.70. The molecule has 5 nitrogen and oxygen atoms in total. The fraction of sp³-hybridized carbons (Fsp3) is 0.867. The second-order valence-corrected chi connectivity index (χ2v) is 5.99. The van der Waals surface area contributed by atoms with E-state index in [0.717, 1.165) is 12.3 Å². The molecule has 0 atom stereocenters. The highest BCUT2D eigenvalue weighted by atomic mass is 35.5. The predicted octanol–water partition coefficient (Wildman–Crippen LogP) is 1.40. The van der Waals surface area contributed by atoms with Crippen LogP contribution in [0.25, 0.3) is 0 Å². The van der Waals surface area contributed by atoms with Gasteiger partial charge in [-0.15, -0.1) is 12.4 Å². The van der Waals surface area contributed by atoms with Crippen LogP contribution in [0, 0.1) is 5.92 Å². The molecule has 21 heavy (non-hydrogen) atoms. The average Bonchev–Trinajstić information content (AvgIpc) is 2.98. The summed E-state index contributed by atoms with van der Waals surface area (Å²) in [6.07, 6.45) is 7.41. The summed E-state index contributed by atoms with van der Waals surface area (Å²) in [4.78, 5) is 27.6. The molecule has 2 rings (SSSR count). The molecule has 0 aromatic heterocycles. The van der Waals surface area contributed by atoms with Gasteiger partial charge in [0, 0.05) is 45.6 Å². The van der Waals surface area contributed by atoms with Crippen molar-refractivity contribution in [2.45, 2.75) is 44.9 Å². The second-order valence-electron chi connectivity index (χ2n) is 5.99. The predicted molar refractivity (Wildman–Crippen MR) is 85.3 cm³/mol. The van der Waals surface area contributed by atoms with E-state index >= 15 is 0 Å². The molecule has 1 aliphatic carbocycles. The van der Waals surface area contributed by atoms with E-state index in [9.17, 15) is 9.59 Å². The largest absolute Gasteiger partial charge is 0.339 e. The number of piperazine rings is 1. The first kappa shape index (κ1) is 18.2. The minimum atomic E-state index is 0. The third-order valence-electron chi connectivity index (χ3n) is 4.58. The fourth-order valence-electron chi connectivity index (χ4n) is 3.27. The maximum Gasteiger partial charge on any atom is 0.223 e. The van der Waals surface area contributed by atoms with E-state index in [4.69, 9.17) is 5.73 Å². The van der Waals surface area contributed by atoms with Crippen molar-refractivity contribution in [2.75, 3.05) is 32.7 Å². The van der Waals surface area contributed by atoms with Crippen LogP contribution in [0.5, 0.6) is 0 Å². The lowest BCUT2D eigenvalue weighted by atomic mass is 10.0. The molecule has 2 amide bonds. The Morgan fingerprint density at radius 3 is 1.86 bits per heavy atom. The van der Waals surface area contributed by atoms with Crippen LogP contribution < -0.4 is 5.73 Å². The van der Waals surface area contributed by atoms with Crippen LogP contribution in [-0.2, 0) is 9.59 Å². The summed E-state index contributed by atoms with van der Waals surface area (Å²) in [5, 5.41) is 0. The summed E-state index contributed by atoms with van der Waals surface area (Å²) in [7, 11) is 0. The number of rotatable bonds is 5. The van der Waals surface area contributed by atoms with E-state index in [1.807, 2.05) is 9.80 Å². The van der Waals surface area contributed by atoms with Gasteiger partial charge in [-0.1, -0.05) is 25.7 Å². The standard InChI is InChI=1S/C15H27N3O2.ClH/c16-8-7-15(20)18-11-9-17(10-12-18)14(19)6-5-13-3-1-2-4-13;/h13H,1-12,16H2;1H. The van der Waals surface area contributed by atoms with Crippen LogP contribution in [-0.4, -0.2) is 54.3 Å². The molecule has 1 aliphatic heterocycles. The minimum absolute atomic E-state index is 0. The summed E-state index contributed by atoms with van der Waals surface area (Å²) in [6, 6.07) is 0. The normalized spacial score (nSPS) is 19.5. The maximum absolute atomic E-state index is 12.2. The van der Waals surface area contributed by atoms with Crippen molar-refractivity contribution < 1.29 is 9.59 Å². The van der Waals surface area contributed by atoms with Crippen molar-refractivity contribution in [3.63, 3.8) is 0 Å². The molecular formula is C15H28ClN3O2. The number of carbonyl (C=O) groups excluding carboxylic acids is 2. The van der Waals surface area contributed by atoms with Crippen LogP contribution >= 0.6 is 12.4 Å². The van der Waals surface area contributed by atoms with E-state index in [1.165, 1.54) is 25.7 Å². The molecular weight excluding hydrogens is 290 g/mol. The Morgan fingerprint density at radius 1 is 0.905 bits per heavy atom. The molecule has 0 spiro atoms. The first-order valence-corrected chi connectivity index (χ1v) is 7.96. The van der Waals surface area contributed by atoms with Crippen molar-refractivity contribution in [3.8, 4) is 0 Å². The summed E-state index contributed by atoms with van der Waals surface area (Å²) in [5.41, 5.74) is 5.40. The lowest BCUT2D eigenvalue weighted by Crippen LogP contribution is -2.50. The van der Waals surface area contributed by atoms with Gasteiger partial charge in [0.25, 0.3) is 0 Å². The van der Waals surface area contributed by atoms with Crippen LogP contribution in [0.4, 0.5) is 0 Å². The molecule has 6 heteroatoms. The quantitative estimate of drug-likeness (QED) is 0.833. The number of amides is 2. The highest BCUT2D eigenvalue weighted by Gasteiger charge is 2.24. The molecule has 1 saturated carbocycles. The number of nitrogens with two attached hydrogens (primary N) is 1. The van der Waals surface area contributed by atoms with Gasteiger partial charge in [-0.2, -0.15) is 0 Å². The lowest BCUT2D eigenvalue weighted by Gasteiger charge is -2.35. The molecule has 0 radical (unpaired) electrons. The average molecular weight is 318 g/mol. The topological polar surface area (TPSA) is 66.6 Å². The van der Waals surface area contributed by atoms with Crippen molar-refractivity contribution >= 4 is 24.2 Å². The Morgan fingerprint density at radius 2 is 1.38 bits per heavy atom. The Hall–Kier alpha value is -0.810. The van der Waals surface area contributed by atoms with Gasteiger partial charge >= 0.3 is 0 Å². The molecule has 2 N–H and O–H groups in total. The van der Waals surface area contributed by atoms with Gasteiger partial charge in [0.05, 0.1) is 0 Å². The van der Waals surface area contributed by atoms with E-state index in [-0.39, 0.29) is 24.2 Å². The molecule has 2 aliphatic rings. The smallest absolute Gasteiger partial charge is 0.223 e. The summed E-state index contributed by atoms with van der Waals surface area (Å²) in [6.45, 7) is 3.08. The zero-order chi connectivity index (χ0) is 14.4. The minimum Gasteiger partial charge on any atom is -0.339 e. The van der Waals surface area contributed by atoms with Crippen molar-refractivity contribution in [2.24, 2.45) is 11.7 Å². The van der Waals surface area contributed by atoms with Crippen molar-refractivity contribution in [1.29, 1.82) is 0 Å². The van der Waals surface area contributed by atoms with Gasteiger partial charge < -0.3 is 15.5 Å². The molecule has 0 unspecified atom stereocenters. The van der Waals surface area contributed by atoms with Gasteiger partial charge in [-0.25, -0.2) is 0 Å². The summed E-state index contributed by atoms with van der Waals surface area (Å²) >= 11 is 0. The van der Waals surface area contributed by atoms with Crippen LogP contribution in [0.15, 0.2) is 0 Å². The number of halogens is 1. The van der Waals surface area contributed by atoms with Gasteiger partial charge in [0.15, 0.2) is 0 Å². The fourth-order valence-corrected chi connectivity index (χ4v) is 3.27. The maximum atomic E-state index is 12.2. The number of nitrogens with zero attached hydrogens (tertiary/aromatic N) is 2. The SMILES string of the molecule is Cl.NCCC(=O)N1CCN(C(=O)CCC2CCCC2)CC1. The zero-order valence-corrected chi connectivity index (χ0v) is 13.6. The molecule has 0 aromatic carbocycles. The number of hydrogen-bond acceptors (Lipinski definition) is 3. The molecule has 1 saturated heterocycles. The Kier molecular flexibility index (Phi) is 8.04. The molecule has 0 aromatic rings. The Balaban J connectivity index is 0.00000220.